The summed E-state index contributed by atoms with van der Waals surface area (Å²) in [5, 5.41) is 31.7. The van der Waals surface area contributed by atoms with Crippen molar-refractivity contribution in [3.05, 3.63) is 47.8 Å². The first-order valence-corrected chi connectivity index (χ1v) is 11.4. The highest BCUT2D eigenvalue weighted by atomic mass is 19.4. The zero-order valence-electron chi connectivity index (χ0n) is 20.0. The average molecular weight is 505 g/mol. The van der Waals surface area contributed by atoms with Crippen molar-refractivity contribution in [3.63, 3.8) is 0 Å². The number of rotatable bonds is 6. The first-order valence-electron chi connectivity index (χ1n) is 11.4. The number of halogens is 3. The molecule has 3 aromatic heterocycles. The van der Waals surface area contributed by atoms with E-state index in [0.29, 0.717) is 36.5 Å². The molecule has 2 unspecified atom stereocenters. The van der Waals surface area contributed by atoms with Gasteiger partial charge in [0.2, 0.25) is 0 Å². The molecule has 1 aliphatic rings. The Morgan fingerprint density at radius 3 is 2.64 bits per heavy atom. The molecule has 0 amide bonds. The van der Waals surface area contributed by atoms with Crippen molar-refractivity contribution in [2.45, 2.75) is 58.4 Å². The van der Waals surface area contributed by atoms with E-state index in [4.69, 9.17) is 0 Å². The van der Waals surface area contributed by atoms with Gasteiger partial charge < -0.3 is 15.5 Å². The van der Waals surface area contributed by atoms with E-state index in [1.54, 1.807) is 18.3 Å². The normalized spacial score (nSPS) is 21.8. The van der Waals surface area contributed by atoms with Crippen LogP contribution >= 0.6 is 0 Å². The van der Waals surface area contributed by atoms with Crippen LogP contribution < -0.4 is 5.32 Å². The summed E-state index contributed by atoms with van der Waals surface area (Å²) in [6.45, 7) is 5.63. The number of aliphatic hydroxyl groups is 1. The lowest BCUT2D eigenvalue weighted by Crippen LogP contribution is -2.48. The minimum absolute atomic E-state index is 0.000620. The summed E-state index contributed by atoms with van der Waals surface area (Å²) < 4.78 is 40.6. The second-order valence-electron chi connectivity index (χ2n) is 10.1. The van der Waals surface area contributed by atoms with Gasteiger partial charge in [-0.25, -0.2) is 14.6 Å². The molecule has 9 nitrogen and oxygen atoms in total. The Morgan fingerprint density at radius 1 is 1.22 bits per heavy atom. The third-order valence-electron chi connectivity index (χ3n) is 6.49. The van der Waals surface area contributed by atoms with Gasteiger partial charge in [0.05, 0.1) is 35.5 Å². The molecule has 0 aliphatic heterocycles. The van der Waals surface area contributed by atoms with Crippen LogP contribution in [0.3, 0.4) is 0 Å². The van der Waals surface area contributed by atoms with Gasteiger partial charge >= 0.3 is 12.1 Å². The minimum Gasteiger partial charge on any atom is -0.481 e. The zero-order chi connectivity index (χ0) is 26.3. The van der Waals surface area contributed by atoms with E-state index in [9.17, 15) is 28.2 Å². The fraction of sp³-hybridized carbons (Fsp3) is 0.458. The van der Waals surface area contributed by atoms with Crippen molar-refractivity contribution < 1.29 is 28.2 Å². The molecule has 3 heterocycles. The Hall–Kier alpha value is -3.54. The fourth-order valence-corrected chi connectivity index (χ4v) is 4.92. The first kappa shape index (κ1) is 25.5. The summed E-state index contributed by atoms with van der Waals surface area (Å²) in [6, 6.07) is 5.22. The van der Waals surface area contributed by atoms with E-state index in [1.165, 1.54) is 4.68 Å². The lowest BCUT2D eigenvalue weighted by molar-refractivity contribution is -0.154. The van der Waals surface area contributed by atoms with Crippen molar-refractivity contribution in [2.75, 3.05) is 5.32 Å². The summed E-state index contributed by atoms with van der Waals surface area (Å²) in [4.78, 5) is 19.9. The van der Waals surface area contributed by atoms with Gasteiger partial charge in [-0.15, -0.1) is 5.10 Å². The molecule has 3 aromatic rings. The molecule has 0 spiro atoms. The third kappa shape index (κ3) is 5.64. The second-order valence-corrected chi connectivity index (χ2v) is 10.1. The fourth-order valence-electron chi connectivity index (χ4n) is 4.92. The van der Waals surface area contributed by atoms with E-state index >= 15 is 0 Å². The number of carbonyl (C=O) groups is 1. The largest absolute Gasteiger partial charge is 0.481 e. The maximum atomic E-state index is 13.0. The molecule has 0 radical (unpaired) electrons. The second kappa shape index (κ2) is 9.16. The Balaban J connectivity index is 1.52. The van der Waals surface area contributed by atoms with Gasteiger partial charge in [-0.1, -0.05) is 19.1 Å². The topological polar surface area (TPSA) is 126 Å². The van der Waals surface area contributed by atoms with Crippen LogP contribution in [-0.2, 0) is 17.5 Å². The molecule has 0 saturated heterocycles. The number of hydrogen-bond donors (Lipinski definition) is 3. The van der Waals surface area contributed by atoms with Gasteiger partial charge in [0.15, 0.2) is 0 Å². The van der Waals surface area contributed by atoms with E-state index in [1.807, 2.05) is 20.8 Å². The molecule has 1 saturated carbocycles. The molecule has 0 bridgehead atoms. The average Bonchev–Trinajstić information content (AvgIpc) is 3.19. The number of hydrogen-bond acceptors (Lipinski definition) is 7. The molecule has 3 N–H and O–H groups in total. The predicted octanol–water partition coefficient (Wildman–Crippen LogP) is 4.45. The summed E-state index contributed by atoms with van der Waals surface area (Å²) in [5.41, 5.74) is -0.898. The van der Waals surface area contributed by atoms with Gasteiger partial charge in [-0.3, -0.25) is 4.79 Å². The molecular weight excluding hydrogens is 477 g/mol. The molecule has 2 atom stereocenters. The number of carboxylic acid groups (broad SMARTS) is 1. The maximum Gasteiger partial charge on any atom is 0.416 e. The minimum atomic E-state index is -4.49. The Morgan fingerprint density at radius 2 is 1.97 bits per heavy atom. The number of carboxylic acids is 1. The van der Waals surface area contributed by atoms with Crippen LogP contribution in [0.4, 0.5) is 24.8 Å². The van der Waals surface area contributed by atoms with Crippen LogP contribution in [0.1, 0.15) is 44.2 Å². The number of aryl methyl sites for hydroxylation is 1. The number of pyridine rings is 2. The van der Waals surface area contributed by atoms with E-state index < -0.39 is 34.6 Å². The molecule has 36 heavy (non-hydrogen) atoms. The zero-order valence-corrected chi connectivity index (χ0v) is 20.0. The molecule has 1 aliphatic carbocycles. The van der Waals surface area contributed by atoms with Crippen molar-refractivity contribution in [2.24, 2.45) is 11.3 Å². The molecule has 0 aromatic carbocycles. The number of alkyl halides is 3. The van der Waals surface area contributed by atoms with E-state index in [-0.39, 0.29) is 12.4 Å². The SMILES string of the molecule is Cc1cc(Nc2cc(C(F)(F)F)ccn2)nc(-c2cn(CC3(O)CCC(C(=O)O)C(C)(C)C3)nn2)c1. The molecule has 1 fully saturated rings. The highest BCUT2D eigenvalue weighted by molar-refractivity contribution is 5.71. The highest BCUT2D eigenvalue weighted by Gasteiger charge is 2.47. The summed E-state index contributed by atoms with van der Waals surface area (Å²) in [5.74, 6) is -1.10. The number of nitrogens with one attached hydrogen (secondary N) is 1. The number of nitrogens with zero attached hydrogens (tertiary/aromatic N) is 5. The van der Waals surface area contributed by atoms with Crippen LogP contribution in [-0.4, -0.2) is 46.7 Å². The van der Waals surface area contributed by atoms with Crippen molar-refractivity contribution in [3.8, 4) is 11.4 Å². The molecular formula is C24H27F3N6O3. The predicted molar refractivity (Wildman–Crippen MR) is 124 cm³/mol. The highest BCUT2D eigenvalue weighted by Crippen LogP contribution is 2.46. The Labute approximate surface area is 205 Å². The number of aromatic nitrogens is 5. The maximum absolute atomic E-state index is 13.0. The van der Waals surface area contributed by atoms with Gasteiger partial charge in [0, 0.05) is 6.20 Å². The van der Waals surface area contributed by atoms with Crippen LogP contribution in [0.15, 0.2) is 36.7 Å². The standard InChI is InChI=1S/C24H27F3N6O3/c1-14-8-17(29-20(9-14)30-19-10-15(5-7-28-19)24(25,26)27)18-11-33(32-31-18)13-23(36)6-4-16(21(34)35)22(2,3)12-23/h5,7-11,16,36H,4,6,12-13H2,1-3H3,(H,34,35)(H,28,29,30). The van der Waals surface area contributed by atoms with E-state index in [0.717, 1.165) is 23.9 Å². The van der Waals surface area contributed by atoms with Crippen molar-refractivity contribution in [1.82, 2.24) is 25.0 Å². The van der Waals surface area contributed by atoms with Crippen LogP contribution in [0.2, 0.25) is 0 Å². The lowest BCUT2D eigenvalue weighted by atomic mass is 9.63. The molecule has 192 valence electrons. The Kier molecular flexibility index (Phi) is 6.50. The lowest BCUT2D eigenvalue weighted by Gasteiger charge is -2.45. The van der Waals surface area contributed by atoms with Gasteiger partial charge in [-0.2, -0.15) is 13.2 Å². The van der Waals surface area contributed by atoms with Gasteiger partial charge in [0.25, 0.3) is 0 Å². The third-order valence-corrected chi connectivity index (χ3v) is 6.49. The quantitative estimate of drug-likeness (QED) is 0.450. The van der Waals surface area contributed by atoms with Gasteiger partial charge in [0.1, 0.15) is 17.3 Å². The van der Waals surface area contributed by atoms with Crippen LogP contribution in [0, 0.1) is 18.3 Å². The van der Waals surface area contributed by atoms with Gasteiger partial charge in [-0.05, 0) is 61.4 Å². The summed E-state index contributed by atoms with van der Waals surface area (Å²) in [6.07, 6.45) is -0.810. The number of anilines is 2. The summed E-state index contributed by atoms with van der Waals surface area (Å²) in [7, 11) is 0. The number of aliphatic carboxylic acids is 1. The smallest absolute Gasteiger partial charge is 0.416 e. The molecule has 4 rings (SSSR count). The molecule has 12 heteroatoms. The van der Waals surface area contributed by atoms with Crippen LogP contribution in [0.25, 0.3) is 11.4 Å². The Bertz CT molecular complexity index is 1280. The monoisotopic (exact) mass is 504 g/mol. The summed E-state index contributed by atoms with van der Waals surface area (Å²) >= 11 is 0. The first-order chi connectivity index (χ1) is 16.7. The van der Waals surface area contributed by atoms with Crippen LogP contribution in [0.5, 0.6) is 0 Å². The van der Waals surface area contributed by atoms with Crippen molar-refractivity contribution in [1.29, 1.82) is 0 Å². The van der Waals surface area contributed by atoms with E-state index in [2.05, 4.69) is 25.6 Å². The van der Waals surface area contributed by atoms with Crippen molar-refractivity contribution >= 4 is 17.6 Å².